The van der Waals surface area contributed by atoms with Crippen LogP contribution < -0.4 is 14.2 Å². The first kappa shape index (κ1) is 21.6. The summed E-state index contributed by atoms with van der Waals surface area (Å²) in [6.07, 6.45) is 2.60. The first-order valence-electron chi connectivity index (χ1n) is 10.0. The zero-order chi connectivity index (χ0) is 20.9. The number of fused-ring (bicyclic) bond motifs is 1. The number of sulfonamides is 1. The summed E-state index contributed by atoms with van der Waals surface area (Å²) in [6, 6.07) is 11.2. The fraction of sp³-hybridized carbons (Fsp3) is 0.455. The SMILES string of the molecule is CCc1ccc(S(=O)(=O)NCCCN2CCc3cc(OC)c(OC)cc3C2)cc1. The molecule has 1 aliphatic heterocycles. The van der Waals surface area contributed by atoms with Crippen LogP contribution in [0.3, 0.4) is 0 Å². The lowest BCUT2D eigenvalue weighted by molar-refractivity contribution is 0.250. The molecule has 0 fully saturated rings. The van der Waals surface area contributed by atoms with Crippen molar-refractivity contribution in [1.82, 2.24) is 9.62 Å². The second kappa shape index (κ2) is 9.61. The fourth-order valence-electron chi connectivity index (χ4n) is 3.63. The van der Waals surface area contributed by atoms with Gasteiger partial charge in [-0.3, -0.25) is 4.90 Å². The highest BCUT2D eigenvalue weighted by Crippen LogP contribution is 2.33. The van der Waals surface area contributed by atoms with Gasteiger partial charge >= 0.3 is 0 Å². The number of nitrogens with one attached hydrogen (secondary N) is 1. The second-order valence-corrected chi connectivity index (χ2v) is 9.02. The van der Waals surface area contributed by atoms with Crippen molar-refractivity contribution in [3.63, 3.8) is 0 Å². The van der Waals surface area contributed by atoms with Gasteiger partial charge in [-0.2, -0.15) is 0 Å². The van der Waals surface area contributed by atoms with E-state index in [-0.39, 0.29) is 0 Å². The Morgan fingerprint density at radius 2 is 1.69 bits per heavy atom. The van der Waals surface area contributed by atoms with Crippen molar-refractivity contribution in [1.29, 1.82) is 0 Å². The summed E-state index contributed by atoms with van der Waals surface area (Å²) in [7, 11) is -0.156. The van der Waals surface area contributed by atoms with Gasteiger partial charge in [0, 0.05) is 19.6 Å². The highest BCUT2D eigenvalue weighted by molar-refractivity contribution is 7.89. The second-order valence-electron chi connectivity index (χ2n) is 7.25. The average Bonchev–Trinajstić information content (AvgIpc) is 2.75. The first-order valence-corrected chi connectivity index (χ1v) is 11.5. The Morgan fingerprint density at radius 1 is 1.03 bits per heavy atom. The molecule has 29 heavy (non-hydrogen) atoms. The zero-order valence-electron chi connectivity index (χ0n) is 17.4. The van der Waals surface area contributed by atoms with Crippen molar-refractivity contribution >= 4 is 10.0 Å². The Labute approximate surface area is 173 Å². The van der Waals surface area contributed by atoms with Crippen LogP contribution in [0.1, 0.15) is 30.0 Å². The van der Waals surface area contributed by atoms with Crippen molar-refractivity contribution < 1.29 is 17.9 Å². The van der Waals surface area contributed by atoms with Gasteiger partial charge in [0.05, 0.1) is 19.1 Å². The van der Waals surface area contributed by atoms with Crippen LogP contribution in [-0.4, -0.2) is 47.2 Å². The average molecular weight is 419 g/mol. The van der Waals surface area contributed by atoms with Crippen molar-refractivity contribution in [3.8, 4) is 11.5 Å². The van der Waals surface area contributed by atoms with E-state index in [9.17, 15) is 8.42 Å². The highest BCUT2D eigenvalue weighted by atomic mass is 32.2. The molecule has 0 saturated carbocycles. The summed E-state index contributed by atoms with van der Waals surface area (Å²) in [4.78, 5) is 2.67. The van der Waals surface area contributed by atoms with Crippen LogP contribution in [0.2, 0.25) is 0 Å². The molecular formula is C22H30N2O4S. The van der Waals surface area contributed by atoms with Crippen LogP contribution >= 0.6 is 0 Å². The molecule has 1 N–H and O–H groups in total. The predicted molar refractivity (Wildman–Crippen MR) is 114 cm³/mol. The van der Waals surface area contributed by atoms with Crippen LogP contribution in [0.5, 0.6) is 11.5 Å². The first-order chi connectivity index (χ1) is 14.0. The lowest BCUT2D eigenvalue weighted by Gasteiger charge is -2.29. The standard InChI is InChI=1S/C22H30N2O4S/c1-4-17-6-8-20(9-7-17)29(25,26)23-11-5-12-24-13-10-18-14-21(27-2)22(28-3)15-19(18)16-24/h6-9,14-15,23H,4-5,10-13,16H2,1-3H3. The third kappa shape index (κ3) is 5.29. The van der Waals surface area contributed by atoms with Crippen LogP contribution in [0.25, 0.3) is 0 Å². The van der Waals surface area contributed by atoms with E-state index in [2.05, 4.69) is 15.7 Å². The number of nitrogens with zero attached hydrogens (tertiary/aromatic N) is 1. The van der Waals surface area contributed by atoms with Crippen LogP contribution in [0.4, 0.5) is 0 Å². The predicted octanol–water partition coefficient (Wildman–Crippen LogP) is 2.99. The number of rotatable bonds is 9. The summed E-state index contributed by atoms with van der Waals surface area (Å²) in [5, 5.41) is 0. The molecule has 0 aromatic heterocycles. The number of ether oxygens (including phenoxy) is 2. The normalized spacial score (nSPS) is 14.4. The van der Waals surface area contributed by atoms with Crippen molar-refractivity contribution in [2.24, 2.45) is 0 Å². The van der Waals surface area contributed by atoms with E-state index in [1.165, 1.54) is 11.1 Å². The number of hydrogen-bond acceptors (Lipinski definition) is 5. The Kier molecular flexibility index (Phi) is 7.16. The lowest BCUT2D eigenvalue weighted by Crippen LogP contribution is -2.33. The van der Waals surface area contributed by atoms with Gasteiger partial charge in [0.15, 0.2) is 11.5 Å². The monoisotopic (exact) mass is 418 g/mol. The van der Waals surface area contributed by atoms with Gasteiger partial charge in [0.25, 0.3) is 0 Å². The minimum atomic E-state index is -3.45. The molecule has 0 amide bonds. The Balaban J connectivity index is 1.51. The van der Waals surface area contributed by atoms with E-state index in [0.29, 0.717) is 11.4 Å². The molecule has 1 aliphatic rings. The van der Waals surface area contributed by atoms with Gasteiger partial charge in [-0.1, -0.05) is 19.1 Å². The molecule has 0 unspecified atom stereocenters. The molecule has 0 aliphatic carbocycles. The number of hydrogen-bond donors (Lipinski definition) is 1. The third-order valence-electron chi connectivity index (χ3n) is 5.38. The smallest absolute Gasteiger partial charge is 0.240 e. The molecule has 1 heterocycles. The van der Waals surface area contributed by atoms with Crippen molar-refractivity contribution in [2.45, 2.75) is 37.6 Å². The van der Waals surface area contributed by atoms with E-state index < -0.39 is 10.0 Å². The number of benzene rings is 2. The molecule has 0 radical (unpaired) electrons. The molecule has 6 nitrogen and oxygen atoms in total. The van der Waals surface area contributed by atoms with Crippen molar-refractivity contribution in [3.05, 3.63) is 53.1 Å². The highest BCUT2D eigenvalue weighted by Gasteiger charge is 2.19. The van der Waals surface area contributed by atoms with Crippen molar-refractivity contribution in [2.75, 3.05) is 33.9 Å². The molecule has 2 aromatic rings. The van der Waals surface area contributed by atoms with Gasteiger partial charge in [0.1, 0.15) is 0 Å². The topological polar surface area (TPSA) is 67.9 Å². The van der Waals surface area contributed by atoms with Gasteiger partial charge < -0.3 is 9.47 Å². The maximum absolute atomic E-state index is 12.4. The van der Waals surface area contributed by atoms with Gasteiger partial charge in [-0.15, -0.1) is 0 Å². The maximum Gasteiger partial charge on any atom is 0.240 e. The van der Waals surface area contributed by atoms with Crippen LogP contribution in [0, 0.1) is 0 Å². The molecule has 158 valence electrons. The Bertz CT molecular complexity index is 927. The molecular weight excluding hydrogens is 388 g/mol. The zero-order valence-corrected chi connectivity index (χ0v) is 18.2. The Hall–Kier alpha value is -2.09. The molecule has 2 aromatic carbocycles. The Morgan fingerprint density at radius 3 is 2.31 bits per heavy atom. The van der Waals surface area contributed by atoms with E-state index >= 15 is 0 Å². The molecule has 0 bridgehead atoms. The van der Waals surface area contributed by atoms with Crippen LogP contribution in [-0.2, 0) is 29.4 Å². The summed E-state index contributed by atoms with van der Waals surface area (Å²) in [5.41, 5.74) is 3.66. The maximum atomic E-state index is 12.4. The fourth-order valence-corrected chi connectivity index (χ4v) is 4.70. The molecule has 0 atom stereocenters. The summed E-state index contributed by atoms with van der Waals surface area (Å²) in [5.74, 6) is 1.51. The third-order valence-corrected chi connectivity index (χ3v) is 6.86. The summed E-state index contributed by atoms with van der Waals surface area (Å²) in [6.45, 7) is 5.10. The molecule has 0 saturated heterocycles. The van der Waals surface area contributed by atoms with Gasteiger partial charge in [-0.05, 0) is 66.8 Å². The molecule has 7 heteroatoms. The van der Waals surface area contributed by atoms with E-state index in [1.807, 2.05) is 25.1 Å². The minimum Gasteiger partial charge on any atom is -0.493 e. The van der Waals surface area contributed by atoms with Gasteiger partial charge in [-0.25, -0.2) is 13.1 Å². The van der Waals surface area contributed by atoms with E-state index in [0.717, 1.165) is 56.0 Å². The summed E-state index contributed by atoms with van der Waals surface area (Å²) >= 11 is 0. The molecule has 3 rings (SSSR count). The van der Waals surface area contributed by atoms with E-state index in [4.69, 9.17) is 9.47 Å². The number of methoxy groups -OCH3 is 2. The lowest BCUT2D eigenvalue weighted by atomic mass is 9.98. The van der Waals surface area contributed by atoms with Gasteiger partial charge in [0.2, 0.25) is 10.0 Å². The number of aryl methyl sites for hydroxylation is 1. The van der Waals surface area contributed by atoms with E-state index in [1.54, 1.807) is 26.4 Å². The van der Waals surface area contributed by atoms with Crippen LogP contribution in [0.15, 0.2) is 41.3 Å². The molecule has 0 spiro atoms. The quantitative estimate of drug-likeness (QED) is 0.634. The minimum absolute atomic E-state index is 0.322. The largest absolute Gasteiger partial charge is 0.493 e. The summed E-state index contributed by atoms with van der Waals surface area (Å²) < 4.78 is 38.4.